The predicted molar refractivity (Wildman–Crippen MR) is 149 cm³/mol. The molecule has 0 radical (unpaired) electrons. The van der Waals surface area contributed by atoms with E-state index in [-0.39, 0.29) is 17.8 Å². The highest BCUT2D eigenvalue weighted by atomic mass is 35.5. The quantitative estimate of drug-likeness (QED) is 0.212. The molecule has 5 aromatic rings. The second-order valence-electron chi connectivity index (χ2n) is 10.2. The Kier molecular flexibility index (Phi) is 7.31. The van der Waals surface area contributed by atoms with Gasteiger partial charge in [0.05, 0.1) is 22.2 Å². The summed E-state index contributed by atoms with van der Waals surface area (Å²) in [4.78, 5) is 27.4. The van der Waals surface area contributed by atoms with Gasteiger partial charge in [0.15, 0.2) is 11.5 Å². The molecule has 13 heteroatoms. The molecule has 2 N–H and O–H groups in total. The molecule has 1 aliphatic carbocycles. The maximum Gasteiger partial charge on any atom is 0.408 e. The number of pyridine rings is 1. The number of nitrogens with one attached hydrogen (secondary N) is 1. The van der Waals surface area contributed by atoms with E-state index in [1.165, 1.54) is 0 Å². The van der Waals surface area contributed by atoms with E-state index in [1.807, 2.05) is 36.4 Å². The molecule has 3 aromatic heterocycles. The van der Waals surface area contributed by atoms with Crippen LogP contribution >= 0.6 is 11.6 Å². The topological polar surface area (TPSA) is 119 Å². The minimum absolute atomic E-state index is 0.110. The molecule has 0 spiro atoms. The molecule has 216 valence electrons. The minimum Gasteiger partial charge on any atom is -0.481 e. The third-order valence-corrected chi connectivity index (χ3v) is 7.51. The zero-order valence-electron chi connectivity index (χ0n) is 22.0. The van der Waals surface area contributed by atoms with Crippen molar-refractivity contribution in [3.63, 3.8) is 0 Å². The van der Waals surface area contributed by atoms with Crippen LogP contribution in [-0.2, 0) is 11.3 Å². The number of benzene rings is 2. The number of alkyl halides is 3. The summed E-state index contributed by atoms with van der Waals surface area (Å²) in [7, 11) is 0. The molecule has 42 heavy (non-hydrogen) atoms. The number of aliphatic carboxylic acids is 1. The van der Waals surface area contributed by atoms with Crippen molar-refractivity contribution in [2.45, 2.75) is 44.5 Å². The van der Waals surface area contributed by atoms with Gasteiger partial charge in [0.2, 0.25) is 0 Å². The average molecular weight is 597 g/mol. The van der Waals surface area contributed by atoms with E-state index < -0.39 is 18.7 Å². The Morgan fingerprint density at radius 1 is 0.976 bits per heavy atom. The normalized spacial score (nSPS) is 17.4. The fourth-order valence-electron chi connectivity index (χ4n) is 5.06. The van der Waals surface area contributed by atoms with Gasteiger partial charge in [-0.25, -0.2) is 14.6 Å². The van der Waals surface area contributed by atoms with Crippen LogP contribution in [0.15, 0.2) is 60.9 Å². The lowest BCUT2D eigenvalue weighted by atomic mass is 9.87. The van der Waals surface area contributed by atoms with Gasteiger partial charge in [-0.1, -0.05) is 60.1 Å². The number of halogens is 4. The van der Waals surface area contributed by atoms with Crippen LogP contribution in [0.5, 0.6) is 6.01 Å². The van der Waals surface area contributed by atoms with Gasteiger partial charge in [-0.2, -0.15) is 23.3 Å². The number of nitrogens with zero attached hydrogens (tertiary/aromatic N) is 5. The molecule has 6 rings (SSSR count). The number of carboxylic acids is 1. The molecule has 0 bridgehead atoms. The third-order valence-electron chi connectivity index (χ3n) is 7.22. The second kappa shape index (κ2) is 11.1. The first-order valence-electron chi connectivity index (χ1n) is 13.2. The van der Waals surface area contributed by atoms with Crippen molar-refractivity contribution < 1.29 is 27.8 Å². The Morgan fingerprint density at radius 2 is 1.60 bits per heavy atom. The maximum absolute atomic E-state index is 12.6. The second-order valence-corrected chi connectivity index (χ2v) is 10.6. The molecule has 0 unspecified atom stereocenters. The summed E-state index contributed by atoms with van der Waals surface area (Å²) >= 11 is 6.57. The summed E-state index contributed by atoms with van der Waals surface area (Å²) in [5.74, 6) is -0.867. The first-order chi connectivity index (χ1) is 20.1. The summed E-state index contributed by atoms with van der Waals surface area (Å²) in [5, 5.41) is 13.5. The zero-order chi connectivity index (χ0) is 29.4. The van der Waals surface area contributed by atoms with Crippen LogP contribution in [-0.4, -0.2) is 53.1 Å². The summed E-state index contributed by atoms with van der Waals surface area (Å²) < 4.78 is 44.6. The average Bonchev–Trinajstić information content (AvgIpc) is 3.58. The Balaban J connectivity index is 1.15. The molecule has 3 heterocycles. The van der Waals surface area contributed by atoms with Crippen LogP contribution in [0.1, 0.15) is 25.7 Å². The van der Waals surface area contributed by atoms with E-state index in [0.717, 1.165) is 27.7 Å². The number of hydrogen-bond acceptors (Lipinski definition) is 6. The third kappa shape index (κ3) is 6.08. The molecule has 1 fully saturated rings. The number of ether oxygens (including phenoxy) is 1. The molecule has 2 aromatic carbocycles. The van der Waals surface area contributed by atoms with Crippen LogP contribution in [0.25, 0.3) is 44.9 Å². The Hall–Kier alpha value is -4.45. The van der Waals surface area contributed by atoms with E-state index >= 15 is 0 Å². The molecular formula is C29H24ClF3N6O3. The van der Waals surface area contributed by atoms with Crippen molar-refractivity contribution in [3.05, 3.63) is 65.9 Å². The van der Waals surface area contributed by atoms with Gasteiger partial charge in [-0.15, -0.1) is 0 Å². The van der Waals surface area contributed by atoms with E-state index in [4.69, 9.17) is 16.3 Å². The van der Waals surface area contributed by atoms with Crippen molar-refractivity contribution in [3.8, 4) is 39.8 Å². The van der Waals surface area contributed by atoms with E-state index in [1.54, 1.807) is 18.2 Å². The van der Waals surface area contributed by atoms with Crippen molar-refractivity contribution in [1.82, 2.24) is 29.7 Å². The SMILES string of the molecule is O=C(O)C1CCC(Oc2nc3nc(-c4ccc(-c5ccc(-c6ncn(CC(F)(F)F)n6)cc5)cc4)c(Cl)cc3[nH]2)CC1. The highest BCUT2D eigenvalue weighted by Gasteiger charge is 2.29. The number of carbonyl (C=O) groups is 1. The zero-order valence-corrected chi connectivity index (χ0v) is 22.7. The van der Waals surface area contributed by atoms with E-state index in [0.29, 0.717) is 59.1 Å². The van der Waals surface area contributed by atoms with Gasteiger partial charge in [-0.05, 0) is 42.9 Å². The highest BCUT2D eigenvalue weighted by Crippen LogP contribution is 2.33. The van der Waals surface area contributed by atoms with Gasteiger partial charge in [-0.3, -0.25) is 4.79 Å². The number of fused-ring (bicyclic) bond motifs is 1. The number of hydrogen-bond donors (Lipinski definition) is 2. The molecule has 0 amide bonds. The molecule has 1 aliphatic rings. The lowest BCUT2D eigenvalue weighted by Gasteiger charge is -2.25. The summed E-state index contributed by atoms with van der Waals surface area (Å²) in [6.07, 6.45) is -0.978. The van der Waals surface area contributed by atoms with E-state index in [9.17, 15) is 23.1 Å². The van der Waals surface area contributed by atoms with Gasteiger partial charge in [0.1, 0.15) is 19.0 Å². The summed E-state index contributed by atoms with van der Waals surface area (Å²) in [6, 6.07) is 16.9. The maximum atomic E-state index is 12.6. The number of carboxylic acid groups (broad SMARTS) is 1. The lowest BCUT2D eigenvalue weighted by molar-refractivity contribution is -0.144. The Morgan fingerprint density at radius 3 is 2.21 bits per heavy atom. The monoisotopic (exact) mass is 596 g/mol. The predicted octanol–water partition coefficient (Wildman–Crippen LogP) is 6.79. The fraction of sp³-hybridized carbons (Fsp3) is 0.276. The van der Waals surface area contributed by atoms with Crippen LogP contribution in [0.4, 0.5) is 13.2 Å². The highest BCUT2D eigenvalue weighted by molar-refractivity contribution is 6.33. The van der Waals surface area contributed by atoms with Crippen molar-refractivity contribution in [2.75, 3.05) is 0 Å². The summed E-state index contributed by atoms with van der Waals surface area (Å²) in [5.41, 5.74) is 4.87. The van der Waals surface area contributed by atoms with Gasteiger partial charge in [0.25, 0.3) is 6.01 Å². The van der Waals surface area contributed by atoms with Crippen LogP contribution in [0, 0.1) is 5.92 Å². The molecule has 9 nitrogen and oxygen atoms in total. The largest absolute Gasteiger partial charge is 0.481 e. The molecule has 0 atom stereocenters. The Labute approximate surface area is 242 Å². The number of aromatic amines is 1. The molecular weight excluding hydrogens is 573 g/mol. The van der Waals surface area contributed by atoms with Crippen molar-refractivity contribution in [2.24, 2.45) is 5.92 Å². The fourth-order valence-corrected chi connectivity index (χ4v) is 5.32. The van der Waals surface area contributed by atoms with Crippen LogP contribution < -0.4 is 4.74 Å². The number of rotatable bonds is 7. The van der Waals surface area contributed by atoms with Gasteiger partial charge >= 0.3 is 12.1 Å². The first kappa shape index (κ1) is 27.7. The van der Waals surface area contributed by atoms with Gasteiger partial charge < -0.3 is 14.8 Å². The van der Waals surface area contributed by atoms with Crippen LogP contribution in [0.3, 0.4) is 0 Å². The molecule has 0 aliphatic heterocycles. The van der Waals surface area contributed by atoms with Crippen LogP contribution in [0.2, 0.25) is 5.02 Å². The van der Waals surface area contributed by atoms with Crippen molar-refractivity contribution in [1.29, 1.82) is 0 Å². The lowest BCUT2D eigenvalue weighted by Crippen LogP contribution is -2.28. The van der Waals surface area contributed by atoms with E-state index in [2.05, 4.69) is 25.0 Å². The standard InChI is InChI=1S/C29H24ClF3N6O3/c30-22-13-23-26(37-28(35-23)42-21-11-9-20(10-12-21)27(40)41)36-24(22)18-5-1-16(2-6-18)17-3-7-19(8-4-17)25-34-15-39(38-25)14-29(31,32)33/h1-8,13,15,20-21H,9-12,14H2,(H,40,41)(H,35,36,37). The van der Waals surface area contributed by atoms with Crippen molar-refractivity contribution >= 4 is 28.7 Å². The molecule has 1 saturated carbocycles. The Bertz CT molecular complexity index is 1730. The van der Waals surface area contributed by atoms with Gasteiger partial charge in [0, 0.05) is 11.1 Å². The first-order valence-corrected chi connectivity index (χ1v) is 13.6. The molecule has 0 saturated heterocycles. The summed E-state index contributed by atoms with van der Waals surface area (Å²) in [6.45, 7) is -1.19. The number of aromatic nitrogens is 6. The smallest absolute Gasteiger partial charge is 0.408 e. The number of imidazole rings is 1. The minimum atomic E-state index is -4.37. The number of H-pyrrole nitrogens is 1.